The molecule has 0 saturated heterocycles. The van der Waals surface area contributed by atoms with Gasteiger partial charge in [0, 0.05) is 0 Å². The molecular weight excluding hydrogens is 170 g/mol. The summed E-state index contributed by atoms with van der Waals surface area (Å²) in [7, 11) is 0. The lowest BCUT2D eigenvalue weighted by Gasteiger charge is -2.10. The van der Waals surface area contributed by atoms with Gasteiger partial charge in [-0.25, -0.2) is 13.8 Å². The molecule has 0 heterocycles. The maximum Gasteiger partial charge on any atom is 0.327 e. The Balaban J connectivity index is 3.98. The minimum Gasteiger partial charge on any atom is -0.226 e. The van der Waals surface area contributed by atoms with Gasteiger partial charge < -0.3 is 0 Å². The highest BCUT2D eigenvalue weighted by atomic mass is 32.1. The molecule has 0 amide bonds. The zero-order valence-corrected chi connectivity index (χ0v) is 5.47. The largest absolute Gasteiger partial charge is 0.327 e. The van der Waals surface area contributed by atoms with Crippen LogP contribution in [0.2, 0.25) is 0 Å². The first-order valence-corrected chi connectivity index (χ1v) is 2.61. The predicted octanol–water partition coefficient (Wildman–Crippen LogP) is 1.99. The second-order valence-corrected chi connectivity index (χ2v) is 1.65. The van der Waals surface area contributed by atoms with Crippen LogP contribution in [0.1, 0.15) is 0 Å². The van der Waals surface area contributed by atoms with Crippen molar-refractivity contribution in [2.45, 2.75) is 12.3 Å². The molecule has 0 spiro atoms. The van der Waals surface area contributed by atoms with Crippen molar-refractivity contribution in [2.24, 2.45) is 4.99 Å². The van der Waals surface area contributed by atoms with E-state index in [2.05, 4.69) is 17.2 Å². The Hall–Kier alpha value is -0.480. The van der Waals surface area contributed by atoms with Gasteiger partial charge in [-0.1, -0.05) is 0 Å². The molecule has 0 aliphatic rings. The Kier molecular flexibility index (Phi) is 3.46. The summed E-state index contributed by atoms with van der Waals surface area (Å²) in [6.07, 6.45) is -3.69. The standard InChI is InChI=1S/C4H3F4NS/c5-3(6)4(7,8)1-9-2-10/h3H,1H2. The second kappa shape index (κ2) is 3.63. The van der Waals surface area contributed by atoms with Crippen molar-refractivity contribution in [2.75, 3.05) is 6.54 Å². The monoisotopic (exact) mass is 173 g/mol. The summed E-state index contributed by atoms with van der Waals surface area (Å²) in [5.41, 5.74) is 0. The maximum absolute atomic E-state index is 11.8. The first-order valence-electron chi connectivity index (χ1n) is 2.20. The number of nitrogens with zero attached hydrogens (tertiary/aromatic N) is 1. The van der Waals surface area contributed by atoms with Crippen molar-refractivity contribution < 1.29 is 17.6 Å². The molecule has 0 aromatic heterocycles. The molecular formula is C4H3F4NS. The fraction of sp³-hybridized carbons (Fsp3) is 0.750. The number of hydrogen-bond acceptors (Lipinski definition) is 2. The van der Waals surface area contributed by atoms with Crippen molar-refractivity contribution in [3.8, 4) is 0 Å². The molecule has 0 bridgehead atoms. The van der Waals surface area contributed by atoms with Crippen LogP contribution in [0.4, 0.5) is 17.6 Å². The summed E-state index contributed by atoms with van der Waals surface area (Å²) < 4.78 is 46.1. The lowest BCUT2D eigenvalue weighted by Crippen LogP contribution is -2.29. The molecule has 10 heavy (non-hydrogen) atoms. The first kappa shape index (κ1) is 9.52. The van der Waals surface area contributed by atoms with Gasteiger partial charge in [-0.2, -0.15) is 8.78 Å². The van der Waals surface area contributed by atoms with Crippen molar-refractivity contribution in [1.29, 1.82) is 0 Å². The highest BCUT2D eigenvalue weighted by Gasteiger charge is 2.40. The molecule has 58 valence electrons. The van der Waals surface area contributed by atoms with Crippen LogP contribution in [0.3, 0.4) is 0 Å². The highest BCUT2D eigenvalue weighted by Crippen LogP contribution is 2.22. The molecule has 0 unspecified atom stereocenters. The van der Waals surface area contributed by atoms with Gasteiger partial charge in [0.15, 0.2) is 0 Å². The topological polar surface area (TPSA) is 12.4 Å². The number of thiocarbonyl (C=S) groups is 1. The van der Waals surface area contributed by atoms with Gasteiger partial charge in [-0.15, -0.1) is 0 Å². The van der Waals surface area contributed by atoms with E-state index >= 15 is 0 Å². The minimum absolute atomic E-state index is 1.30. The van der Waals surface area contributed by atoms with E-state index in [1.54, 1.807) is 5.16 Å². The number of aliphatic imine (C=N–C) groups is 1. The average molecular weight is 173 g/mol. The third-order valence-corrected chi connectivity index (χ3v) is 0.803. The summed E-state index contributed by atoms with van der Waals surface area (Å²) >= 11 is 3.91. The number of isothiocyanates is 1. The second-order valence-electron chi connectivity index (χ2n) is 1.47. The van der Waals surface area contributed by atoms with Gasteiger partial charge in [0.2, 0.25) is 0 Å². The SMILES string of the molecule is FC(F)C(F)(F)CN=C=S. The van der Waals surface area contributed by atoms with E-state index in [1.807, 2.05) is 0 Å². The van der Waals surface area contributed by atoms with Crippen LogP contribution in [0.5, 0.6) is 0 Å². The summed E-state index contributed by atoms with van der Waals surface area (Å²) in [6, 6.07) is 0. The van der Waals surface area contributed by atoms with Crippen molar-refractivity contribution in [3.05, 3.63) is 0 Å². The molecule has 0 atom stereocenters. The van der Waals surface area contributed by atoms with Crippen molar-refractivity contribution >= 4 is 17.4 Å². The van der Waals surface area contributed by atoms with Crippen LogP contribution in [0.25, 0.3) is 0 Å². The quantitative estimate of drug-likeness (QED) is 0.361. The van der Waals surface area contributed by atoms with Crippen LogP contribution < -0.4 is 0 Å². The number of alkyl halides is 4. The zero-order chi connectivity index (χ0) is 8.20. The predicted molar refractivity (Wildman–Crippen MR) is 30.8 cm³/mol. The Bertz CT molecular complexity index is 151. The van der Waals surface area contributed by atoms with E-state index in [9.17, 15) is 17.6 Å². The number of hydrogen-bond donors (Lipinski definition) is 0. The molecule has 0 rings (SSSR count). The molecule has 0 aliphatic heterocycles. The maximum atomic E-state index is 11.8. The molecule has 0 aromatic carbocycles. The van der Waals surface area contributed by atoms with E-state index in [-0.39, 0.29) is 0 Å². The molecule has 0 aliphatic carbocycles. The summed E-state index contributed by atoms with van der Waals surface area (Å²) in [5, 5.41) is 1.57. The van der Waals surface area contributed by atoms with Crippen LogP contribution in [0.15, 0.2) is 4.99 Å². The molecule has 0 N–H and O–H groups in total. The van der Waals surface area contributed by atoms with Gasteiger partial charge >= 0.3 is 12.3 Å². The normalized spacial score (nSPS) is 11.3. The van der Waals surface area contributed by atoms with E-state index in [0.717, 1.165) is 0 Å². The highest BCUT2D eigenvalue weighted by molar-refractivity contribution is 7.78. The van der Waals surface area contributed by atoms with Crippen molar-refractivity contribution in [3.63, 3.8) is 0 Å². The van der Waals surface area contributed by atoms with Gasteiger partial charge in [0.1, 0.15) is 6.54 Å². The Morgan fingerprint density at radius 3 is 2.30 bits per heavy atom. The average Bonchev–Trinajstić information content (AvgIpc) is 1.84. The fourth-order valence-electron chi connectivity index (χ4n) is 0.207. The molecule has 6 heteroatoms. The summed E-state index contributed by atoms with van der Waals surface area (Å²) in [6.45, 7) is -1.30. The van der Waals surface area contributed by atoms with E-state index in [0.29, 0.717) is 0 Å². The first-order chi connectivity index (χ1) is 4.50. The van der Waals surface area contributed by atoms with E-state index in [1.165, 1.54) is 0 Å². The number of halogens is 4. The van der Waals surface area contributed by atoms with Gasteiger partial charge in [-0.05, 0) is 12.2 Å². The van der Waals surface area contributed by atoms with Crippen LogP contribution >= 0.6 is 12.2 Å². The number of rotatable bonds is 3. The molecule has 1 nitrogen and oxygen atoms in total. The van der Waals surface area contributed by atoms with Gasteiger partial charge in [0.25, 0.3) is 0 Å². The smallest absolute Gasteiger partial charge is 0.226 e. The fourth-order valence-corrected chi connectivity index (χ4v) is 0.271. The molecule has 0 aromatic rings. The lowest BCUT2D eigenvalue weighted by molar-refractivity contribution is -0.119. The lowest BCUT2D eigenvalue weighted by atomic mass is 10.3. The van der Waals surface area contributed by atoms with Crippen LogP contribution in [-0.4, -0.2) is 24.1 Å². The third kappa shape index (κ3) is 2.89. The molecule has 0 fully saturated rings. The van der Waals surface area contributed by atoms with E-state index in [4.69, 9.17) is 0 Å². The Morgan fingerprint density at radius 1 is 1.50 bits per heavy atom. The van der Waals surface area contributed by atoms with Crippen molar-refractivity contribution in [1.82, 2.24) is 0 Å². The summed E-state index contributed by atoms with van der Waals surface area (Å²) in [5.74, 6) is -4.08. The Morgan fingerprint density at radius 2 is 2.00 bits per heavy atom. The van der Waals surface area contributed by atoms with Gasteiger partial charge in [0.05, 0.1) is 5.16 Å². The zero-order valence-electron chi connectivity index (χ0n) is 4.65. The molecule has 0 saturated carbocycles. The summed E-state index contributed by atoms with van der Waals surface area (Å²) in [4.78, 5) is 2.70. The minimum atomic E-state index is -4.08. The van der Waals surface area contributed by atoms with Gasteiger partial charge in [-0.3, -0.25) is 0 Å². The van der Waals surface area contributed by atoms with E-state index < -0.39 is 18.9 Å². The Labute approximate surface area is 59.8 Å². The van der Waals surface area contributed by atoms with Crippen LogP contribution in [-0.2, 0) is 0 Å². The third-order valence-electron chi connectivity index (χ3n) is 0.674. The van der Waals surface area contributed by atoms with Crippen LogP contribution in [0, 0.1) is 0 Å². The molecule has 0 radical (unpaired) electrons.